The van der Waals surface area contributed by atoms with Gasteiger partial charge in [0.2, 0.25) is 0 Å². The second-order valence-corrected chi connectivity index (χ2v) is 4.56. The van der Waals surface area contributed by atoms with Crippen molar-refractivity contribution in [3.63, 3.8) is 0 Å². The Hall–Kier alpha value is -2.27. The van der Waals surface area contributed by atoms with Crippen molar-refractivity contribution in [2.45, 2.75) is 13.0 Å². The molecule has 0 saturated heterocycles. The molecule has 0 heterocycles. The van der Waals surface area contributed by atoms with Gasteiger partial charge in [-0.25, -0.2) is 8.78 Å². The summed E-state index contributed by atoms with van der Waals surface area (Å²) in [6.45, 7) is -0.409. The van der Waals surface area contributed by atoms with Crippen LogP contribution >= 0.6 is 0 Å². The first kappa shape index (κ1) is 15.1. The number of ether oxygens (including phenoxy) is 1. The number of benzene rings is 2. The van der Waals surface area contributed by atoms with E-state index in [-0.39, 0.29) is 12.4 Å². The van der Waals surface area contributed by atoms with Crippen molar-refractivity contribution in [1.82, 2.24) is 0 Å². The van der Waals surface area contributed by atoms with Gasteiger partial charge in [-0.3, -0.25) is 5.41 Å². The fraction of sp³-hybridized carbons (Fsp3) is 0.188. The van der Waals surface area contributed by atoms with Crippen LogP contribution in [0.1, 0.15) is 11.1 Å². The highest BCUT2D eigenvalue weighted by molar-refractivity contribution is 6.01. The second kappa shape index (κ2) is 6.95. The highest BCUT2D eigenvalue weighted by atomic mass is 19.3. The Morgan fingerprint density at radius 3 is 2.38 bits per heavy atom. The summed E-state index contributed by atoms with van der Waals surface area (Å²) >= 11 is 0. The summed E-state index contributed by atoms with van der Waals surface area (Å²) in [5, 5.41) is 7.59. The minimum absolute atomic E-state index is 0.00921. The van der Waals surface area contributed by atoms with Crippen molar-refractivity contribution < 1.29 is 13.5 Å². The average molecular weight is 290 g/mol. The molecule has 0 unspecified atom stereocenters. The van der Waals surface area contributed by atoms with Crippen molar-refractivity contribution in [2.24, 2.45) is 5.73 Å². The van der Waals surface area contributed by atoms with E-state index in [1.54, 1.807) is 6.07 Å². The number of hydrogen-bond donors (Lipinski definition) is 2. The molecule has 5 heteroatoms. The number of amidine groups is 1. The maximum Gasteiger partial charge on any atom is 0.261 e. The summed E-state index contributed by atoms with van der Waals surface area (Å²) in [5.74, 6) is 0.00921. The molecular weight excluding hydrogens is 274 g/mol. The van der Waals surface area contributed by atoms with E-state index >= 15 is 0 Å². The van der Waals surface area contributed by atoms with Crippen LogP contribution in [0.3, 0.4) is 0 Å². The molecule has 2 aromatic rings. The Balaban J connectivity index is 2.14. The lowest BCUT2D eigenvalue weighted by atomic mass is 9.98. The van der Waals surface area contributed by atoms with Crippen LogP contribution in [-0.2, 0) is 11.3 Å². The molecule has 0 fully saturated rings. The van der Waals surface area contributed by atoms with Crippen molar-refractivity contribution in [1.29, 1.82) is 5.41 Å². The van der Waals surface area contributed by atoms with E-state index in [1.807, 2.05) is 42.5 Å². The van der Waals surface area contributed by atoms with Crippen LogP contribution in [0.2, 0.25) is 0 Å². The van der Waals surface area contributed by atoms with Crippen LogP contribution < -0.4 is 5.73 Å². The van der Waals surface area contributed by atoms with Crippen molar-refractivity contribution in [3.8, 4) is 11.1 Å². The molecule has 0 spiro atoms. The SMILES string of the molecule is N=C(N)c1ccccc1-c1ccc(COCC(F)F)cc1. The standard InChI is InChI=1S/C16H16F2N2O/c17-15(18)10-21-9-11-5-7-12(8-6-11)13-3-1-2-4-14(13)16(19)20/h1-8,15H,9-10H2,(H3,19,20). The van der Waals surface area contributed by atoms with Gasteiger partial charge < -0.3 is 10.5 Å². The number of halogens is 2. The Bertz CT molecular complexity index is 612. The summed E-state index contributed by atoms with van der Waals surface area (Å²) in [6.07, 6.45) is -2.45. The molecule has 0 atom stereocenters. The van der Waals surface area contributed by atoms with E-state index in [0.717, 1.165) is 16.7 Å². The fourth-order valence-electron chi connectivity index (χ4n) is 2.02. The van der Waals surface area contributed by atoms with E-state index in [1.165, 1.54) is 0 Å². The summed E-state index contributed by atoms with van der Waals surface area (Å²) < 4.78 is 28.9. The van der Waals surface area contributed by atoms with Gasteiger partial charge in [-0.05, 0) is 16.7 Å². The molecule has 0 aliphatic carbocycles. The summed E-state index contributed by atoms with van der Waals surface area (Å²) in [7, 11) is 0. The van der Waals surface area contributed by atoms with Crippen LogP contribution in [0.25, 0.3) is 11.1 Å². The van der Waals surface area contributed by atoms with Gasteiger partial charge in [0.1, 0.15) is 12.4 Å². The van der Waals surface area contributed by atoms with Crippen molar-refractivity contribution in [2.75, 3.05) is 6.61 Å². The van der Waals surface area contributed by atoms with E-state index in [4.69, 9.17) is 15.9 Å². The van der Waals surface area contributed by atoms with Crippen LogP contribution in [0.4, 0.5) is 8.78 Å². The molecule has 0 aliphatic rings. The van der Waals surface area contributed by atoms with E-state index in [2.05, 4.69) is 0 Å². The van der Waals surface area contributed by atoms with Crippen LogP contribution in [0, 0.1) is 5.41 Å². The predicted molar refractivity (Wildman–Crippen MR) is 78.6 cm³/mol. The molecule has 0 aliphatic heterocycles. The maximum atomic E-state index is 12.0. The number of nitrogen functional groups attached to an aromatic ring is 1. The maximum absolute atomic E-state index is 12.0. The van der Waals surface area contributed by atoms with Gasteiger partial charge in [-0.2, -0.15) is 0 Å². The number of rotatable bonds is 6. The van der Waals surface area contributed by atoms with E-state index < -0.39 is 13.0 Å². The fourth-order valence-corrected chi connectivity index (χ4v) is 2.02. The van der Waals surface area contributed by atoms with Crippen molar-refractivity contribution in [3.05, 3.63) is 59.7 Å². The Labute approximate surface area is 121 Å². The smallest absolute Gasteiger partial charge is 0.261 e. The lowest BCUT2D eigenvalue weighted by Gasteiger charge is -2.09. The lowest BCUT2D eigenvalue weighted by molar-refractivity contribution is 0.00988. The van der Waals surface area contributed by atoms with Gasteiger partial charge in [0.25, 0.3) is 6.43 Å². The Kier molecular flexibility index (Phi) is 5.00. The molecule has 110 valence electrons. The summed E-state index contributed by atoms with van der Waals surface area (Å²) in [5.41, 5.74) is 8.83. The number of nitrogens with one attached hydrogen (secondary N) is 1. The van der Waals surface area contributed by atoms with Crippen molar-refractivity contribution >= 4 is 5.84 Å². The van der Waals surface area contributed by atoms with Crippen LogP contribution in [-0.4, -0.2) is 18.9 Å². The highest BCUT2D eigenvalue weighted by Gasteiger charge is 2.07. The molecule has 3 N–H and O–H groups in total. The van der Waals surface area contributed by atoms with Gasteiger partial charge >= 0.3 is 0 Å². The molecule has 2 aromatic carbocycles. The van der Waals surface area contributed by atoms with Gasteiger partial charge in [-0.15, -0.1) is 0 Å². The van der Waals surface area contributed by atoms with Crippen LogP contribution in [0.5, 0.6) is 0 Å². The number of hydrogen-bond acceptors (Lipinski definition) is 2. The second-order valence-electron chi connectivity index (χ2n) is 4.56. The molecule has 0 bridgehead atoms. The zero-order chi connectivity index (χ0) is 15.2. The third-order valence-corrected chi connectivity index (χ3v) is 2.99. The molecule has 0 radical (unpaired) electrons. The zero-order valence-corrected chi connectivity index (χ0v) is 11.4. The molecule has 3 nitrogen and oxygen atoms in total. The highest BCUT2D eigenvalue weighted by Crippen LogP contribution is 2.24. The van der Waals surface area contributed by atoms with Gasteiger partial charge in [-0.1, -0.05) is 48.5 Å². The molecule has 21 heavy (non-hydrogen) atoms. The number of alkyl halides is 2. The van der Waals surface area contributed by atoms with Gasteiger partial charge in [0, 0.05) is 5.56 Å². The molecule has 0 aromatic heterocycles. The molecule has 2 rings (SSSR count). The normalized spacial score (nSPS) is 10.8. The van der Waals surface area contributed by atoms with E-state index in [0.29, 0.717) is 5.56 Å². The van der Waals surface area contributed by atoms with Gasteiger partial charge in [0.05, 0.1) is 6.61 Å². The minimum Gasteiger partial charge on any atom is -0.384 e. The third kappa shape index (κ3) is 4.10. The molecular formula is C16H16F2N2O. The topological polar surface area (TPSA) is 59.1 Å². The van der Waals surface area contributed by atoms with E-state index in [9.17, 15) is 8.78 Å². The third-order valence-electron chi connectivity index (χ3n) is 2.99. The average Bonchev–Trinajstić information content (AvgIpc) is 2.47. The molecule has 0 saturated carbocycles. The largest absolute Gasteiger partial charge is 0.384 e. The first-order valence-corrected chi connectivity index (χ1v) is 6.46. The van der Waals surface area contributed by atoms with Gasteiger partial charge in [0.15, 0.2) is 0 Å². The predicted octanol–water partition coefficient (Wildman–Crippen LogP) is 3.42. The lowest BCUT2D eigenvalue weighted by Crippen LogP contribution is -2.12. The van der Waals surface area contributed by atoms with Crippen LogP contribution in [0.15, 0.2) is 48.5 Å². The zero-order valence-electron chi connectivity index (χ0n) is 11.4. The first-order chi connectivity index (χ1) is 10.1. The number of nitrogens with two attached hydrogens (primary N) is 1. The summed E-state index contributed by atoms with van der Waals surface area (Å²) in [4.78, 5) is 0. The summed E-state index contributed by atoms with van der Waals surface area (Å²) in [6, 6.07) is 14.7. The first-order valence-electron chi connectivity index (χ1n) is 6.46. The monoisotopic (exact) mass is 290 g/mol. The quantitative estimate of drug-likeness (QED) is 0.632. The Morgan fingerprint density at radius 2 is 1.76 bits per heavy atom. The Morgan fingerprint density at radius 1 is 1.10 bits per heavy atom. The molecule has 0 amide bonds. The minimum atomic E-state index is -2.45.